The van der Waals surface area contributed by atoms with E-state index in [1.807, 2.05) is 12.3 Å². The molecule has 1 aromatic heterocycles. The first-order valence-corrected chi connectivity index (χ1v) is 5.89. The van der Waals surface area contributed by atoms with Crippen LogP contribution in [0.5, 0.6) is 0 Å². The highest BCUT2D eigenvalue weighted by atomic mass is 32.1. The van der Waals surface area contributed by atoms with Crippen molar-refractivity contribution in [3.8, 4) is 0 Å². The number of thiazole rings is 1. The Morgan fingerprint density at radius 2 is 2.06 bits per heavy atom. The molecule has 2 N–H and O–H groups in total. The quantitative estimate of drug-likeness (QED) is 0.890. The van der Waals surface area contributed by atoms with E-state index in [0.29, 0.717) is 6.42 Å². The lowest BCUT2D eigenvalue weighted by atomic mass is 9.90. The SMILES string of the molecule is CC(N)(Cc1nccs1)c1ccc(F)cc1. The maximum atomic E-state index is 12.8. The van der Waals surface area contributed by atoms with Crippen LogP contribution in [0.4, 0.5) is 4.39 Å². The summed E-state index contributed by atoms with van der Waals surface area (Å²) in [6, 6.07) is 6.32. The van der Waals surface area contributed by atoms with Crippen LogP contribution in [-0.4, -0.2) is 4.98 Å². The third-order valence-corrected chi connectivity index (χ3v) is 3.29. The summed E-state index contributed by atoms with van der Waals surface area (Å²) in [4.78, 5) is 4.21. The Morgan fingerprint density at radius 1 is 1.38 bits per heavy atom. The van der Waals surface area contributed by atoms with E-state index in [2.05, 4.69) is 4.98 Å². The van der Waals surface area contributed by atoms with Crippen molar-refractivity contribution in [3.05, 3.63) is 52.2 Å². The highest BCUT2D eigenvalue weighted by Gasteiger charge is 2.22. The van der Waals surface area contributed by atoms with E-state index in [0.717, 1.165) is 10.6 Å². The standard InChI is InChI=1S/C12H13FN2S/c1-12(14,8-11-15-6-7-16-11)9-2-4-10(13)5-3-9/h2-7H,8,14H2,1H3. The maximum absolute atomic E-state index is 12.8. The van der Waals surface area contributed by atoms with Crippen LogP contribution in [0.25, 0.3) is 0 Å². The number of rotatable bonds is 3. The summed E-state index contributed by atoms with van der Waals surface area (Å²) in [5.74, 6) is -0.242. The lowest BCUT2D eigenvalue weighted by Crippen LogP contribution is -2.35. The average molecular weight is 236 g/mol. The first-order chi connectivity index (χ1) is 7.58. The number of nitrogens with two attached hydrogens (primary N) is 1. The fraction of sp³-hybridized carbons (Fsp3) is 0.250. The minimum atomic E-state index is -0.508. The van der Waals surface area contributed by atoms with Crippen LogP contribution in [0.3, 0.4) is 0 Å². The van der Waals surface area contributed by atoms with Crippen LogP contribution in [0, 0.1) is 5.82 Å². The second-order valence-corrected chi connectivity index (χ2v) is 5.01. The summed E-state index contributed by atoms with van der Waals surface area (Å²) in [6.45, 7) is 1.93. The number of halogens is 1. The highest BCUT2D eigenvalue weighted by molar-refractivity contribution is 7.09. The molecule has 0 bridgehead atoms. The van der Waals surface area contributed by atoms with Gasteiger partial charge in [0.2, 0.25) is 0 Å². The fourth-order valence-electron chi connectivity index (χ4n) is 1.59. The third kappa shape index (κ3) is 2.46. The molecule has 0 radical (unpaired) electrons. The van der Waals surface area contributed by atoms with Crippen LogP contribution in [0.15, 0.2) is 35.8 Å². The fourth-order valence-corrected chi connectivity index (χ4v) is 2.37. The summed E-state index contributed by atoms with van der Waals surface area (Å²) in [5.41, 5.74) is 6.64. The summed E-state index contributed by atoms with van der Waals surface area (Å²) in [6.07, 6.45) is 2.43. The van der Waals surface area contributed by atoms with Crippen molar-refractivity contribution in [1.82, 2.24) is 4.98 Å². The third-order valence-electron chi connectivity index (χ3n) is 2.51. The van der Waals surface area contributed by atoms with Crippen LogP contribution in [0.2, 0.25) is 0 Å². The first-order valence-electron chi connectivity index (χ1n) is 5.01. The van der Waals surface area contributed by atoms with E-state index in [9.17, 15) is 4.39 Å². The zero-order chi connectivity index (χ0) is 11.6. The first kappa shape index (κ1) is 11.2. The van der Waals surface area contributed by atoms with Gasteiger partial charge in [0.25, 0.3) is 0 Å². The molecule has 0 spiro atoms. The largest absolute Gasteiger partial charge is 0.321 e. The molecule has 0 saturated carbocycles. The van der Waals surface area contributed by atoms with Gasteiger partial charge in [0, 0.05) is 23.5 Å². The van der Waals surface area contributed by atoms with Gasteiger partial charge < -0.3 is 5.73 Å². The second-order valence-electron chi connectivity index (χ2n) is 4.03. The van der Waals surface area contributed by atoms with Crippen LogP contribution >= 0.6 is 11.3 Å². The van der Waals surface area contributed by atoms with Gasteiger partial charge in [0.15, 0.2) is 0 Å². The van der Waals surface area contributed by atoms with Crippen molar-refractivity contribution in [2.45, 2.75) is 18.9 Å². The maximum Gasteiger partial charge on any atom is 0.123 e. The van der Waals surface area contributed by atoms with E-state index < -0.39 is 5.54 Å². The van der Waals surface area contributed by atoms with Gasteiger partial charge in [0.1, 0.15) is 5.82 Å². The van der Waals surface area contributed by atoms with Gasteiger partial charge >= 0.3 is 0 Å². The molecule has 1 unspecified atom stereocenters. The summed E-state index contributed by atoms with van der Waals surface area (Å²) in [7, 11) is 0. The molecule has 1 atom stereocenters. The molecule has 1 heterocycles. The summed E-state index contributed by atoms with van der Waals surface area (Å²) >= 11 is 1.58. The number of nitrogens with zero attached hydrogens (tertiary/aromatic N) is 1. The molecule has 0 aliphatic heterocycles. The van der Waals surface area contributed by atoms with Gasteiger partial charge in [0.05, 0.1) is 5.01 Å². The Hall–Kier alpha value is -1.26. The van der Waals surface area contributed by atoms with Gasteiger partial charge in [-0.05, 0) is 24.6 Å². The molecule has 0 aliphatic carbocycles. The minimum Gasteiger partial charge on any atom is -0.321 e. The summed E-state index contributed by atoms with van der Waals surface area (Å²) in [5, 5.41) is 2.92. The Balaban J connectivity index is 2.21. The van der Waals surface area contributed by atoms with E-state index in [-0.39, 0.29) is 5.82 Å². The summed E-state index contributed by atoms with van der Waals surface area (Å²) < 4.78 is 12.8. The van der Waals surface area contributed by atoms with Crippen LogP contribution in [-0.2, 0) is 12.0 Å². The molecule has 4 heteroatoms. The molecule has 16 heavy (non-hydrogen) atoms. The predicted octanol–water partition coefficient (Wildman–Crippen LogP) is 2.70. The normalized spacial score (nSPS) is 14.7. The monoisotopic (exact) mass is 236 g/mol. The Kier molecular flexibility index (Phi) is 3.03. The van der Waals surface area contributed by atoms with Crippen LogP contribution < -0.4 is 5.73 Å². The lowest BCUT2D eigenvalue weighted by Gasteiger charge is -2.24. The second kappa shape index (κ2) is 4.31. The lowest BCUT2D eigenvalue weighted by molar-refractivity contribution is 0.488. The van der Waals surface area contributed by atoms with Crippen LogP contribution in [0.1, 0.15) is 17.5 Å². The number of hydrogen-bond acceptors (Lipinski definition) is 3. The van der Waals surface area contributed by atoms with Gasteiger partial charge in [-0.15, -0.1) is 11.3 Å². The average Bonchev–Trinajstić information content (AvgIpc) is 2.70. The molecule has 84 valence electrons. The highest BCUT2D eigenvalue weighted by Crippen LogP contribution is 2.23. The Labute approximate surface area is 97.9 Å². The van der Waals surface area contributed by atoms with E-state index >= 15 is 0 Å². The zero-order valence-corrected chi connectivity index (χ0v) is 9.80. The molecule has 2 nitrogen and oxygen atoms in total. The molecule has 0 amide bonds. The minimum absolute atomic E-state index is 0.242. The molecule has 2 aromatic rings. The van der Waals surface area contributed by atoms with Gasteiger partial charge in [-0.2, -0.15) is 0 Å². The molecule has 0 fully saturated rings. The Bertz CT molecular complexity index is 448. The molecular formula is C12H13FN2S. The van der Waals surface area contributed by atoms with Crippen molar-refractivity contribution >= 4 is 11.3 Å². The Morgan fingerprint density at radius 3 is 2.62 bits per heavy atom. The zero-order valence-electron chi connectivity index (χ0n) is 8.98. The van der Waals surface area contributed by atoms with E-state index in [1.165, 1.54) is 12.1 Å². The van der Waals surface area contributed by atoms with Gasteiger partial charge in [-0.3, -0.25) is 0 Å². The molecular weight excluding hydrogens is 223 g/mol. The smallest absolute Gasteiger partial charge is 0.123 e. The van der Waals surface area contributed by atoms with Crippen molar-refractivity contribution in [2.24, 2.45) is 5.73 Å². The molecule has 0 saturated heterocycles. The molecule has 0 aliphatic rings. The molecule has 1 aromatic carbocycles. The van der Waals surface area contributed by atoms with E-state index in [1.54, 1.807) is 29.7 Å². The number of aromatic nitrogens is 1. The molecule has 2 rings (SSSR count). The van der Waals surface area contributed by atoms with Gasteiger partial charge in [-0.25, -0.2) is 9.37 Å². The van der Waals surface area contributed by atoms with Gasteiger partial charge in [-0.1, -0.05) is 12.1 Å². The number of hydrogen-bond donors (Lipinski definition) is 1. The van der Waals surface area contributed by atoms with Crippen molar-refractivity contribution in [3.63, 3.8) is 0 Å². The topological polar surface area (TPSA) is 38.9 Å². The van der Waals surface area contributed by atoms with Crippen molar-refractivity contribution < 1.29 is 4.39 Å². The van der Waals surface area contributed by atoms with Crippen molar-refractivity contribution in [2.75, 3.05) is 0 Å². The number of benzene rings is 1. The predicted molar refractivity (Wildman–Crippen MR) is 63.8 cm³/mol. The van der Waals surface area contributed by atoms with E-state index in [4.69, 9.17) is 5.73 Å². The van der Waals surface area contributed by atoms with Crippen molar-refractivity contribution in [1.29, 1.82) is 0 Å².